The average molecular weight is 312 g/mol. The number of likely N-dealkylation sites (tertiary alicyclic amines) is 1. The van der Waals surface area contributed by atoms with Crippen LogP contribution in [0.15, 0.2) is 31.0 Å². The average Bonchev–Trinajstić information content (AvgIpc) is 3.22. The Morgan fingerprint density at radius 2 is 2.17 bits per heavy atom. The van der Waals surface area contributed by atoms with Crippen LogP contribution in [0.1, 0.15) is 18.2 Å². The third-order valence-electron chi connectivity index (χ3n) is 4.29. The molecule has 9 nitrogen and oxygen atoms in total. The molecular formula is C14H16N8O. The number of nitrogens with zero attached hydrogens (tertiary/aromatic N) is 7. The van der Waals surface area contributed by atoms with Gasteiger partial charge in [-0.15, -0.1) is 10.2 Å². The Balaban J connectivity index is 1.71. The summed E-state index contributed by atoms with van der Waals surface area (Å²) in [7, 11) is 3.69. The van der Waals surface area contributed by atoms with E-state index < -0.39 is 0 Å². The first-order valence-electron chi connectivity index (χ1n) is 7.29. The van der Waals surface area contributed by atoms with Crippen molar-refractivity contribution >= 4 is 17.4 Å². The molecule has 3 aromatic heterocycles. The Morgan fingerprint density at radius 3 is 2.96 bits per heavy atom. The van der Waals surface area contributed by atoms with Crippen molar-refractivity contribution < 1.29 is 4.79 Å². The predicted molar refractivity (Wildman–Crippen MR) is 81.5 cm³/mol. The molecule has 1 amide bonds. The molecule has 0 radical (unpaired) electrons. The summed E-state index contributed by atoms with van der Waals surface area (Å²) >= 11 is 0. The van der Waals surface area contributed by atoms with Crippen LogP contribution in [0.3, 0.4) is 0 Å². The third kappa shape index (κ3) is 2.12. The number of aryl methyl sites for hydroxylation is 1. The number of aromatic nitrogens is 6. The quantitative estimate of drug-likeness (QED) is 0.745. The SMILES string of the molecule is CN1C(=O)C[C@@H](Nc2nccn3cnnc23)[C@@H]1c1ccnn1C. The fraction of sp³-hybridized carbons (Fsp3) is 0.357. The number of hydrogen-bond acceptors (Lipinski definition) is 6. The molecule has 0 aromatic carbocycles. The Bertz CT molecular complexity index is 868. The van der Waals surface area contributed by atoms with Gasteiger partial charge < -0.3 is 10.2 Å². The molecule has 1 N–H and O–H groups in total. The standard InChI is InChI=1S/C14H16N8O/c1-20-11(23)7-9(12(20)10-3-4-17-21(10)2)18-13-14-19-16-8-22(14)6-5-15-13/h3-6,8-9,12H,7H2,1-2H3,(H,15,18)/t9-,12-/m1/s1. The van der Waals surface area contributed by atoms with Gasteiger partial charge in [-0.3, -0.25) is 13.9 Å². The maximum absolute atomic E-state index is 12.2. The lowest BCUT2D eigenvalue weighted by atomic mass is 10.1. The van der Waals surface area contributed by atoms with Crippen molar-refractivity contribution in [2.24, 2.45) is 7.05 Å². The Labute approximate surface area is 131 Å². The summed E-state index contributed by atoms with van der Waals surface area (Å²) in [5, 5.41) is 15.5. The van der Waals surface area contributed by atoms with Gasteiger partial charge in [0.15, 0.2) is 5.82 Å². The number of hydrogen-bond donors (Lipinski definition) is 1. The van der Waals surface area contributed by atoms with Crippen molar-refractivity contribution in [1.82, 2.24) is 34.3 Å². The number of anilines is 1. The smallest absolute Gasteiger partial charge is 0.225 e. The number of rotatable bonds is 3. The molecule has 2 atom stereocenters. The van der Waals surface area contributed by atoms with Gasteiger partial charge in [-0.05, 0) is 6.07 Å². The van der Waals surface area contributed by atoms with Gasteiger partial charge in [0.05, 0.1) is 17.8 Å². The highest BCUT2D eigenvalue weighted by atomic mass is 16.2. The first kappa shape index (κ1) is 13.7. The van der Waals surface area contributed by atoms with Crippen molar-refractivity contribution in [2.75, 3.05) is 12.4 Å². The monoisotopic (exact) mass is 312 g/mol. The highest BCUT2D eigenvalue weighted by Crippen LogP contribution is 2.33. The maximum atomic E-state index is 12.2. The molecule has 0 aliphatic carbocycles. The van der Waals surface area contributed by atoms with E-state index >= 15 is 0 Å². The molecule has 0 unspecified atom stereocenters. The van der Waals surface area contributed by atoms with E-state index in [1.807, 2.05) is 20.2 Å². The van der Waals surface area contributed by atoms with Crippen LogP contribution in [0.25, 0.3) is 5.65 Å². The van der Waals surface area contributed by atoms with Gasteiger partial charge in [-0.2, -0.15) is 5.10 Å². The van der Waals surface area contributed by atoms with Crippen LogP contribution in [-0.4, -0.2) is 53.3 Å². The summed E-state index contributed by atoms with van der Waals surface area (Å²) in [4.78, 5) is 18.3. The summed E-state index contributed by atoms with van der Waals surface area (Å²) in [5.74, 6) is 0.701. The van der Waals surface area contributed by atoms with E-state index in [0.29, 0.717) is 17.9 Å². The summed E-state index contributed by atoms with van der Waals surface area (Å²) in [6, 6.07) is 1.71. The van der Waals surface area contributed by atoms with Crippen molar-refractivity contribution in [1.29, 1.82) is 0 Å². The van der Waals surface area contributed by atoms with E-state index in [9.17, 15) is 4.79 Å². The van der Waals surface area contributed by atoms with E-state index in [1.165, 1.54) is 0 Å². The van der Waals surface area contributed by atoms with Crippen LogP contribution < -0.4 is 5.32 Å². The Kier molecular flexibility index (Phi) is 3.00. The second-order valence-electron chi connectivity index (χ2n) is 5.62. The van der Waals surface area contributed by atoms with E-state index in [2.05, 4.69) is 25.6 Å². The second kappa shape index (κ2) is 5.04. The molecule has 4 rings (SSSR count). The van der Waals surface area contributed by atoms with Gasteiger partial charge in [0.1, 0.15) is 6.33 Å². The fourth-order valence-corrected chi connectivity index (χ4v) is 3.11. The molecule has 3 aromatic rings. The number of carbonyl (C=O) groups excluding carboxylic acids is 1. The first-order valence-corrected chi connectivity index (χ1v) is 7.29. The molecule has 0 bridgehead atoms. The van der Waals surface area contributed by atoms with E-state index in [0.717, 1.165) is 5.69 Å². The van der Waals surface area contributed by atoms with Crippen LogP contribution in [0, 0.1) is 0 Å². The van der Waals surface area contributed by atoms with Crippen LogP contribution in [0.5, 0.6) is 0 Å². The summed E-state index contributed by atoms with van der Waals surface area (Å²) < 4.78 is 3.58. The highest BCUT2D eigenvalue weighted by Gasteiger charge is 2.40. The molecule has 1 fully saturated rings. The molecule has 1 aliphatic heterocycles. The minimum atomic E-state index is -0.113. The lowest BCUT2D eigenvalue weighted by molar-refractivity contribution is -0.127. The van der Waals surface area contributed by atoms with Crippen molar-refractivity contribution in [2.45, 2.75) is 18.5 Å². The van der Waals surface area contributed by atoms with Gasteiger partial charge in [-0.1, -0.05) is 0 Å². The number of carbonyl (C=O) groups is 1. The van der Waals surface area contributed by atoms with Gasteiger partial charge in [0.2, 0.25) is 11.6 Å². The molecule has 0 saturated carbocycles. The fourth-order valence-electron chi connectivity index (χ4n) is 3.11. The first-order chi connectivity index (χ1) is 11.1. The van der Waals surface area contributed by atoms with Gasteiger partial charge in [0.25, 0.3) is 0 Å². The number of likely N-dealkylation sites (N-methyl/N-ethyl adjacent to an activating group) is 1. The second-order valence-corrected chi connectivity index (χ2v) is 5.62. The number of amides is 1. The van der Waals surface area contributed by atoms with Gasteiger partial charge >= 0.3 is 0 Å². The van der Waals surface area contributed by atoms with Crippen LogP contribution in [0.2, 0.25) is 0 Å². The van der Waals surface area contributed by atoms with Crippen molar-refractivity contribution in [3.05, 3.63) is 36.7 Å². The normalized spacial score (nSPS) is 21.3. The van der Waals surface area contributed by atoms with Crippen LogP contribution in [-0.2, 0) is 11.8 Å². The largest absolute Gasteiger partial charge is 0.361 e. The molecular weight excluding hydrogens is 296 g/mol. The molecule has 1 saturated heterocycles. The molecule has 4 heterocycles. The molecule has 0 spiro atoms. The molecule has 9 heteroatoms. The minimum absolute atomic E-state index is 0.0853. The summed E-state index contributed by atoms with van der Waals surface area (Å²) in [5.41, 5.74) is 1.61. The third-order valence-corrected chi connectivity index (χ3v) is 4.29. The number of fused-ring (bicyclic) bond motifs is 1. The predicted octanol–water partition coefficient (Wildman–Crippen LogP) is 0.242. The van der Waals surface area contributed by atoms with Crippen molar-refractivity contribution in [3.63, 3.8) is 0 Å². The Hall–Kier alpha value is -2.97. The minimum Gasteiger partial charge on any atom is -0.361 e. The van der Waals surface area contributed by atoms with E-state index in [1.54, 1.807) is 38.9 Å². The molecule has 1 aliphatic rings. The Morgan fingerprint density at radius 1 is 1.30 bits per heavy atom. The lowest BCUT2D eigenvalue weighted by Crippen LogP contribution is -2.31. The van der Waals surface area contributed by atoms with Gasteiger partial charge in [-0.25, -0.2) is 4.98 Å². The van der Waals surface area contributed by atoms with Crippen molar-refractivity contribution in [3.8, 4) is 0 Å². The topological polar surface area (TPSA) is 93.2 Å². The zero-order valence-corrected chi connectivity index (χ0v) is 12.8. The molecule has 23 heavy (non-hydrogen) atoms. The van der Waals surface area contributed by atoms with E-state index in [-0.39, 0.29) is 18.0 Å². The lowest BCUT2D eigenvalue weighted by Gasteiger charge is -2.25. The highest BCUT2D eigenvalue weighted by molar-refractivity contribution is 5.81. The number of nitrogens with one attached hydrogen (secondary N) is 1. The van der Waals surface area contributed by atoms with Crippen LogP contribution in [0.4, 0.5) is 5.82 Å². The molecule has 118 valence electrons. The summed E-state index contributed by atoms with van der Waals surface area (Å²) in [6.45, 7) is 0. The summed E-state index contributed by atoms with van der Waals surface area (Å²) in [6.07, 6.45) is 7.21. The zero-order chi connectivity index (χ0) is 16.0. The van der Waals surface area contributed by atoms with E-state index in [4.69, 9.17) is 0 Å². The maximum Gasteiger partial charge on any atom is 0.225 e. The van der Waals surface area contributed by atoms with Crippen LogP contribution >= 0.6 is 0 Å². The van der Waals surface area contributed by atoms with Gasteiger partial charge in [0, 0.05) is 39.1 Å². The zero-order valence-electron chi connectivity index (χ0n) is 12.8.